The van der Waals surface area contributed by atoms with Gasteiger partial charge in [0.25, 0.3) is 11.8 Å². The van der Waals surface area contributed by atoms with Crippen LogP contribution in [0.25, 0.3) is 6.08 Å². The van der Waals surface area contributed by atoms with Gasteiger partial charge >= 0.3 is 6.03 Å². The van der Waals surface area contributed by atoms with Gasteiger partial charge in [0.2, 0.25) is 0 Å². The number of benzene rings is 3. The van der Waals surface area contributed by atoms with E-state index >= 15 is 0 Å². The number of urea groups is 1. The summed E-state index contributed by atoms with van der Waals surface area (Å²) in [6, 6.07) is 15.3. The number of amides is 4. The van der Waals surface area contributed by atoms with Crippen LogP contribution >= 0.6 is 15.9 Å². The molecule has 1 aliphatic heterocycles. The van der Waals surface area contributed by atoms with E-state index in [1.807, 2.05) is 45.0 Å². The first-order chi connectivity index (χ1) is 18.2. The molecule has 1 fully saturated rings. The van der Waals surface area contributed by atoms with E-state index < -0.39 is 17.8 Å². The van der Waals surface area contributed by atoms with Gasteiger partial charge in [0.15, 0.2) is 11.5 Å². The van der Waals surface area contributed by atoms with Gasteiger partial charge in [0.05, 0.1) is 17.3 Å². The van der Waals surface area contributed by atoms with Crippen LogP contribution in [0.3, 0.4) is 0 Å². The summed E-state index contributed by atoms with van der Waals surface area (Å²) in [6.45, 7) is 6.50. The first-order valence-electron chi connectivity index (χ1n) is 11.9. The van der Waals surface area contributed by atoms with Crippen molar-refractivity contribution < 1.29 is 28.6 Å². The topological polar surface area (TPSA) is 94.2 Å². The van der Waals surface area contributed by atoms with Crippen molar-refractivity contribution in [3.05, 3.63) is 86.9 Å². The number of halogens is 1. The van der Waals surface area contributed by atoms with Crippen molar-refractivity contribution in [2.45, 2.75) is 20.8 Å². The number of imide groups is 2. The number of ether oxygens (including phenoxy) is 3. The van der Waals surface area contributed by atoms with Gasteiger partial charge in [-0.2, -0.15) is 0 Å². The monoisotopic (exact) mass is 578 g/mol. The average molecular weight is 579 g/mol. The van der Waals surface area contributed by atoms with E-state index in [-0.39, 0.29) is 12.2 Å². The Morgan fingerprint density at radius 3 is 2.39 bits per heavy atom. The summed E-state index contributed by atoms with van der Waals surface area (Å²) in [5.74, 6) is 0.117. The van der Waals surface area contributed by atoms with Crippen molar-refractivity contribution in [1.29, 1.82) is 0 Å². The zero-order valence-corrected chi connectivity index (χ0v) is 23.0. The second-order valence-electron chi connectivity index (χ2n) is 8.77. The zero-order chi connectivity index (χ0) is 27.4. The quantitative estimate of drug-likeness (QED) is 0.215. The third-order valence-electron chi connectivity index (χ3n) is 6.00. The smallest absolute Gasteiger partial charge is 0.335 e. The second-order valence-corrected chi connectivity index (χ2v) is 9.63. The Labute approximate surface area is 229 Å². The number of anilines is 1. The highest BCUT2D eigenvalue weighted by Crippen LogP contribution is 2.37. The van der Waals surface area contributed by atoms with Crippen molar-refractivity contribution in [2.75, 3.05) is 25.2 Å². The van der Waals surface area contributed by atoms with Gasteiger partial charge in [0, 0.05) is 0 Å². The molecule has 0 spiro atoms. The van der Waals surface area contributed by atoms with Crippen molar-refractivity contribution in [3.63, 3.8) is 0 Å². The number of methoxy groups -OCH3 is 1. The molecule has 1 saturated heterocycles. The van der Waals surface area contributed by atoms with Crippen LogP contribution in [0.1, 0.15) is 22.3 Å². The zero-order valence-electron chi connectivity index (χ0n) is 21.5. The van der Waals surface area contributed by atoms with Crippen molar-refractivity contribution in [3.8, 4) is 17.2 Å². The van der Waals surface area contributed by atoms with Crippen LogP contribution in [0.5, 0.6) is 17.2 Å². The SMILES string of the molecule is COc1cc(/C=C2/C(=O)NC(=O)N(c3cccc(C)c3)C2=O)cc(Br)c1OCCOc1ccc(C)c(C)c1. The second kappa shape index (κ2) is 11.5. The number of nitrogens with zero attached hydrogens (tertiary/aromatic N) is 1. The number of nitrogens with one attached hydrogen (secondary N) is 1. The maximum atomic E-state index is 13.2. The van der Waals surface area contributed by atoms with Gasteiger partial charge in [-0.3, -0.25) is 14.9 Å². The molecule has 3 aromatic rings. The third kappa shape index (κ3) is 5.89. The maximum Gasteiger partial charge on any atom is 0.335 e. The Morgan fingerprint density at radius 2 is 1.68 bits per heavy atom. The van der Waals surface area contributed by atoms with Crippen molar-refractivity contribution in [1.82, 2.24) is 5.32 Å². The lowest BCUT2D eigenvalue weighted by molar-refractivity contribution is -0.122. The Balaban J connectivity index is 1.52. The van der Waals surface area contributed by atoms with Gasteiger partial charge in [0.1, 0.15) is 24.5 Å². The normalized spacial score (nSPS) is 14.5. The van der Waals surface area contributed by atoms with E-state index in [1.54, 1.807) is 30.3 Å². The van der Waals surface area contributed by atoms with E-state index in [4.69, 9.17) is 14.2 Å². The highest BCUT2D eigenvalue weighted by Gasteiger charge is 2.36. The molecule has 0 atom stereocenters. The Hall–Kier alpha value is -4.11. The van der Waals surface area contributed by atoms with E-state index in [2.05, 4.69) is 21.2 Å². The van der Waals surface area contributed by atoms with Gasteiger partial charge in [-0.15, -0.1) is 0 Å². The molecular formula is C29H27BrN2O6. The molecule has 1 aliphatic rings. The highest BCUT2D eigenvalue weighted by molar-refractivity contribution is 9.10. The molecule has 0 aliphatic carbocycles. The van der Waals surface area contributed by atoms with E-state index in [9.17, 15) is 14.4 Å². The molecular weight excluding hydrogens is 552 g/mol. The molecule has 196 valence electrons. The lowest BCUT2D eigenvalue weighted by atomic mass is 10.1. The van der Waals surface area contributed by atoms with Crippen LogP contribution in [0, 0.1) is 20.8 Å². The molecule has 0 bridgehead atoms. The molecule has 8 nitrogen and oxygen atoms in total. The largest absolute Gasteiger partial charge is 0.493 e. The molecule has 0 aromatic heterocycles. The minimum absolute atomic E-state index is 0.185. The molecule has 4 amide bonds. The molecule has 9 heteroatoms. The number of hydrogen-bond acceptors (Lipinski definition) is 6. The predicted molar refractivity (Wildman–Crippen MR) is 148 cm³/mol. The fourth-order valence-corrected chi connectivity index (χ4v) is 4.47. The summed E-state index contributed by atoms with van der Waals surface area (Å²) in [6.07, 6.45) is 1.41. The van der Waals surface area contributed by atoms with Crippen LogP contribution in [-0.4, -0.2) is 38.2 Å². The van der Waals surface area contributed by atoms with E-state index in [0.717, 1.165) is 21.8 Å². The summed E-state index contributed by atoms with van der Waals surface area (Å²) in [4.78, 5) is 39.2. The standard InChI is InChI=1S/C29H27BrN2O6/c1-17-6-5-7-21(12-17)32-28(34)23(27(33)31-29(32)35)14-20-15-24(30)26(25(16-20)36-4)38-11-10-37-22-9-8-18(2)19(3)13-22/h5-9,12-16H,10-11H2,1-4H3,(H,31,33,35)/b23-14-. The fourth-order valence-electron chi connectivity index (χ4n) is 3.90. The van der Waals surface area contributed by atoms with Crippen LogP contribution in [0.4, 0.5) is 10.5 Å². The van der Waals surface area contributed by atoms with Crippen molar-refractivity contribution >= 4 is 45.5 Å². The summed E-state index contributed by atoms with van der Waals surface area (Å²) < 4.78 is 17.7. The van der Waals surface area contributed by atoms with Crippen LogP contribution in [0.2, 0.25) is 0 Å². The molecule has 0 unspecified atom stereocenters. The number of rotatable bonds is 8. The number of barbiturate groups is 1. The van der Waals surface area contributed by atoms with Gasteiger partial charge in [-0.05, 0) is 101 Å². The summed E-state index contributed by atoms with van der Waals surface area (Å²) >= 11 is 3.49. The summed E-state index contributed by atoms with van der Waals surface area (Å²) in [7, 11) is 1.49. The molecule has 4 rings (SSSR count). The van der Waals surface area contributed by atoms with Crippen molar-refractivity contribution in [2.24, 2.45) is 0 Å². The summed E-state index contributed by atoms with van der Waals surface area (Å²) in [5, 5.41) is 2.23. The number of carbonyl (C=O) groups excluding carboxylic acids is 3. The molecule has 3 aromatic carbocycles. The number of hydrogen-bond donors (Lipinski definition) is 1. The van der Waals surface area contributed by atoms with Crippen LogP contribution in [-0.2, 0) is 9.59 Å². The predicted octanol–water partition coefficient (Wildman–Crippen LogP) is 5.51. The first kappa shape index (κ1) is 26.9. The van der Waals surface area contributed by atoms with Crippen LogP contribution in [0.15, 0.2) is 64.6 Å². The fraction of sp³-hybridized carbons (Fsp3) is 0.207. The molecule has 1 heterocycles. The Morgan fingerprint density at radius 1 is 0.921 bits per heavy atom. The Kier molecular flexibility index (Phi) is 8.16. The lowest BCUT2D eigenvalue weighted by Crippen LogP contribution is -2.54. The van der Waals surface area contributed by atoms with Gasteiger partial charge in [-0.1, -0.05) is 18.2 Å². The lowest BCUT2D eigenvalue weighted by Gasteiger charge is -2.26. The maximum absolute atomic E-state index is 13.2. The average Bonchev–Trinajstić information content (AvgIpc) is 2.87. The number of aryl methyl sites for hydroxylation is 3. The van der Waals surface area contributed by atoms with Gasteiger partial charge < -0.3 is 14.2 Å². The third-order valence-corrected chi connectivity index (χ3v) is 6.59. The number of carbonyl (C=O) groups is 3. The molecule has 0 saturated carbocycles. The first-order valence-corrected chi connectivity index (χ1v) is 12.7. The molecule has 0 radical (unpaired) electrons. The molecule has 1 N–H and O–H groups in total. The highest BCUT2D eigenvalue weighted by atomic mass is 79.9. The summed E-state index contributed by atoms with van der Waals surface area (Å²) in [5.41, 5.74) is 3.90. The Bertz CT molecular complexity index is 1450. The van der Waals surface area contributed by atoms with Crippen LogP contribution < -0.4 is 24.4 Å². The minimum Gasteiger partial charge on any atom is -0.493 e. The van der Waals surface area contributed by atoms with E-state index in [1.165, 1.54) is 18.7 Å². The van der Waals surface area contributed by atoms with Gasteiger partial charge in [-0.25, -0.2) is 9.69 Å². The molecule has 38 heavy (non-hydrogen) atoms. The minimum atomic E-state index is -0.798. The van der Waals surface area contributed by atoms with E-state index in [0.29, 0.717) is 33.8 Å².